The van der Waals surface area contributed by atoms with E-state index in [1.807, 2.05) is 49.5 Å². The lowest BCUT2D eigenvalue weighted by atomic mass is 10.1. The average Bonchev–Trinajstić information content (AvgIpc) is 3.08. The zero-order valence-electron chi connectivity index (χ0n) is 17.2. The second-order valence-corrected chi connectivity index (χ2v) is 9.26. The number of benzene rings is 3. The maximum Gasteiger partial charge on any atom is 0.265 e. The van der Waals surface area contributed by atoms with Gasteiger partial charge in [-0.05, 0) is 54.4 Å². The number of halogens is 1. The van der Waals surface area contributed by atoms with Crippen LogP contribution >= 0.6 is 11.6 Å². The van der Waals surface area contributed by atoms with Gasteiger partial charge in [-0.15, -0.1) is 0 Å². The van der Waals surface area contributed by atoms with E-state index >= 15 is 0 Å². The predicted octanol–water partition coefficient (Wildman–Crippen LogP) is 4.82. The van der Waals surface area contributed by atoms with Crippen molar-refractivity contribution < 1.29 is 13.2 Å². The van der Waals surface area contributed by atoms with E-state index in [1.54, 1.807) is 12.1 Å². The first kappa shape index (κ1) is 21.2. The molecule has 0 saturated heterocycles. The molecule has 3 aromatic carbocycles. The van der Waals surface area contributed by atoms with Gasteiger partial charge in [-0.3, -0.25) is 4.72 Å². The van der Waals surface area contributed by atoms with Gasteiger partial charge in [0.05, 0.1) is 18.1 Å². The van der Waals surface area contributed by atoms with Crippen LogP contribution in [-0.4, -0.2) is 25.1 Å². The molecule has 160 valence electrons. The Kier molecular flexibility index (Phi) is 5.89. The van der Waals surface area contributed by atoms with E-state index in [2.05, 4.69) is 9.29 Å². The quantitative estimate of drug-likeness (QED) is 0.433. The molecule has 0 fully saturated rings. The number of nitrogens with one attached hydrogen (secondary N) is 1. The Balaban J connectivity index is 1.53. The summed E-state index contributed by atoms with van der Waals surface area (Å²) in [6.07, 6.45) is 1.47. The fourth-order valence-corrected chi connectivity index (χ4v) is 5.02. The second kappa shape index (κ2) is 8.61. The van der Waals surface area contributed by atoms with Gasteiger partial charge >= 0.3 is 0 Å². The van der Waals surface area contributed by atoms with Crippen LogP contribution in [-0.2, 0) is 29.9 Å². The van der Waals surface area contributed by atoms with E-state index < -0.39 is 10.0 Å². The van der Waals surface area contributed by atoms with Crippen LogP contribution in [0.25, 0.3) is 11.0 Å². The number of sulfonamides is 1. The number of aryl methyl sites for hydroxylation is 3. The normalized spacial score (nSPS) is 11.6. The molecule has 0 aliphatic carbocycles. The van der Waals surface area contributed by atoms with Gasteiger partial charge in [0.15, 0.2) is 0 Å². The van der Waals surface area contributed by atoms with Crippen molar-refractivity contribution in [3.05, 3.63) is 83.1 Å². The van der Waals surface area contributed by atoms with Gasteiger partial charge < -0.3 is 9.30 Å². The summed E-state index contributed by atoms with van der Waals surface area (Å²) in [6.45, 7) is 0. The topological polar surface area (TPSA) is 73.2 Å². The van der Waals surface area contributed by atoms with Crippen molar-refractivity contribution in [2.75, 3.05) is 11.8 Å². The number of hydrogen-bond acceptors (Lipinski definition) is 4. The zero-order chi connectivity index (χ0) is 22.0. The Hall–Kier alpha value is -3.03. The summed E-state index contributed by atoms with van der Waals surface area (Å²) in [5.74, 6) is 1.21. The third-order valence-corrected chi connectivity index (χ3v) is 6.75. The standard InChI is InChI=1S/C23H22ClN3O3S/c1-27-20-9-4-3-8-19(20)25-23(27)13-10-16-6-5-7-18(14-16)26-31(28,29)22-15-17(24)11-12-21(22)30-2/h3-9,11-12,14-15,26H,10,13H2,1-2H3. The van der Waals surface area contributed by atoms with Crippen LogP contribution in [0, 0.1) is 0 Å². The minimum absolute atomic E-state index is 0.00685. The van der Waals surface area contributed by atoms with Crippen LogP contribution in [0.1, 0.15) is 11.4 Å². The van der Waals surface area contributed by atoms with Gasteiger partial charge in [0, 0.05) is 24.2 Å². The molecular formula is C23H22ClN3O3S. The highest BCUT2D eigenvalue weighted by molar-refractivity contribution is 7.92. The number of hydrogen-bond donors (Lipinski definition) is 1. The molecule has 0 amide bonds. The first-order valence-electron chi connectivity index (χ1n) is 9.73. The maximum absolute atomic E-state index is 12.9. The predicted molar refractivity (Wildman–Crippen MR) is 123 cm³/mol. The largest absolute Gasteiger partial charge is 0.495 e. The minimum Gasteiger partial charge on any atom is -0.495 e. The summed E-state index contributed by atoms with van der Waals surface area (Å²) in [4.78, 5) is 4.69. The van der Waals surface area contributed by atoms with Crippen LogP contribution in [0.4, 0.5) is 5.69 Å². The molecule has 0 spiro atoms. The number of imidazole rings is 1. The number of fused-ring (bicyclic) bond motifs is 1. The number of methoxy groups -OCH3 is 1. The molecular weight excluding hydrogens is 434 g/mol. The Bertz CT molecular complexity index is 1350. The zero-order valence-corrected chi connectivity index (χ0v) is 18.7. The lowest BCUT2D eigenvalue weighted by Gasteiger charge is -2.13. The van der Waals surface area contributed by atoms with Crippen molar-refractivity contribution in [3.8, 4) is 5.75 Å². The number of anilines is 1. The number of rotatable bonds is 7. The molecule has 4 rings (SSSR count). The highest BCUT2D eigenvalue weighted by Gasteiger charge is 2.20. The molecule has 1 aromatic heterocycles. The average molecular weight is 456 g/mol. The van der Waals surface area contributed by atoms with E-state index in [0.29, 0.717) is 10.7 Å². The van der Waals surface area contributed by atoms with Crippen molar-refractivity contribution >= 4 is 38.3 Å². The Morgan fingerprint density at radius 3 is 2.61 bits per heavy atom. The molecule has 8 heteroatoms. The second-order valence-electron chi connectivity index (χ2n) is 7.18. The SMILES string of the molecule is COc1ccc(Cl)cc1S(=O)(=O)Nc1cccc(CCc2nc3ccccc3n2C)c1. The van der Waals surface area contributed by atoms with Crippen molar-refractivity contribution in [1.29, 1.82) is 0 Å². The number of para-hydroxylation sites is 2. The molecule has 0 unspecified atom stereocenters. The van der Waals surface area contributed by atoms with E-state index in [-0.39, 0.29) is 10.6 Å². The first-order chi connectivity index (χ1) is 14.9. The summed E-state index contributed by atoms with van der Waals surface area (Å²) in [7, 11) is -0.434. The summed E-state index contributed by atoms with van der Waals surface area (Å²) in [5.41, 5.74) is 3.54. The lowest BCUT2D eigenvalue weighted by Crippen LogP contribution is -2.14. The van der Waals surface area contributed by atoms with Crippen LogP contribution in [0.5, 0.6) is 5.75 Å². The van der Waals surface area contributed by atoms with Crippen LogP contribution in [0.15, 0.2) is 71.6 Å². The fraction of sp³-hybridized carbons (Fsp3) is 0.174. The summed E-state index contributed by atoms with van der Waals surface area (Å²) >= 11 is 5.99. The van der Waals surface area contributed by atoms with E-state index in [4.69, 9.17) is 21.3 Å². The van der Waals surface area contributed by atoms with Crippen molar-refractivity contribution in [2.45, 2.75) is 17.7 Å². The Morgan fingerprint density at radius 2 is 1.84 bits per heavy atom. The molecule has 31 heavy (non-hydrogen) atoms. The van der Waals surface area contributed by atoms with Crippen LogP contribution in [0.2, 0.25) is 5.02 Å². The van der Waals surface area contributed by atoms with Gasteiger partial charge in [0.2, 0.25) is 0 Å². The van der Waals surface area contributed by atoms with Crippen molar-refractivity contribution in [2.24, 2.45) is 7.05 Å². The Morgan fingerprint density at radius 1 is 1.03 bits per heavy atom. The molecule has 0 atom stereocenters. The molecule has 1 N–H and O–H groups in total. The van der Waals surface area contributed by atoms with Gasteiger partial charge in [-0.2, -0.15) is 0 Å². The fourth-order valence-electron chi connectivity index (χ4n) is 3.54. The summed E-state index contributed by atoms with van der Waals surface area (Å²) in [5, 5.41) is 0.317. The highest BCUT2D eigenvalue weighted by atomic mass is 35.5. The molecule has 0 aliphatic rings. The van der Waals surface area contributed by atoms with Gasteiger partial charge in [-0.1, -0.05) is 35.9 Å². The molecule has 6 nitrogen and oxygen atoms in total. The van der Waals surface area contributed by atoms with Crippen LogP contribution in [0.3, 0.4) is 0 Å². The van der Waals surface area contributed by atoms with Gasteiger partial charge in [-0.25, -0.2) is 13.4 Å². The van der Waals surface area contributed by atoms with Gasteiger partial charge in [0.1, 0.15) is 16.5 Å². The molecule has 1 heterocycles. The number of nitrogens with zero attached hydrogens (tertiary/aromatic N) is 2. The maximum atomic E-state index is 12.9. The first-order valence-corrected chi connectivity index (χ1v) is 11.6. The smallest absolute Gasteiger partial charge is 0.265 e. The summed E-state index contributed by atoms with van der Waals surface area (Å²) < 4.78 is 35.7. The van der Waals surface area contributed by atoms with E-state index in [0.717, 1.165) is 35.3 Å². The molecule has 0 radical (unpaired) electrons. The minimum atomic E-state index is -3.86. The third-order valence-electron chi connectivity index (χ3n) is 5.11. The molecule has 0 aliphatic heterocycles. The van der Waals surface area contributed by atoms with E-state index in [9.17, 15) is 8.42 Å². The van der Waals surface area contributed by atoms with Gasteiger partial charge in [0.25, 0.3) is 10.0 Å². The number of ether oxygens (including phenoxy) is 1. The molecule has 4 aromatic rings. The molecule has 0 saturated carbocycles. The van der Waals surface area contributed by atoms with E-state index in [1.165, 1.54) is 19.2 Å². The monoisotopic (exact) mass is 455 g/mol. The highest BCUT2D eigenvalue weighted by Crippen LogP contribution is 2.29. The van der Waals surface area contributed by atoms with Crippen molar-refractivity contribution in [3.63, 3.8) is 0 Å². The lowest BCUT2D eigenvalue weighted by molar-refractivity contribution is 0.403. The third kappa shape index (κ3) is 4.52. The number of aromatic nitrogens is 2. The van der Waals surface area contributed by atoms with Crippen molar-refractivity contribution in [1.82, 2.24) is 9.55 Å². The Labute approximate surface area is 186 Å². The summed E-state index contributed by atoms with van der Waals surface area (Å²) in [6, 6.07) is 19.9. The molecule has 0 bridgehead atoms. The van der Waals surface area contributed by atoms with Crippen LogP contribution < -0.4 is 9.46 Å².